The molecule has 0 aromatic carbocycles. The van der Waals surface area contributed by atoms with Crippen LogP contribution in [0.5, 0.6) is 0 Å². The van der Waals surface area contributed by atoms with Crippen molar-refractivity contribution in [2.24, 2.45) is 0 Å². The van der Waals surface area contributed by atoms with Crippen molar-refractivity contribution in [1.29, 1.82) is 0 Å². The van der Waals surface area contributed by atoms with Gasteiger partial charge in [-0.05, 0) is 30.2 Å². The van der Waals surface area contributed by atoms with Gasteiger partial charge in [-0.25, -0.2) is 0 Å². The molecular formula is C14H15ClN2O2S. The van der Waals surface area contributed by atoms with E-state index in [4.69, 9.17) is 11.6 Å². The van der Waals surface area contributed by atoms with E-state index in [1.807, 2.05) is 12.1 Å². The lowest BCUT2D eigenvalue weighted by atomic mass is 10.1. The molecule has 0 aliphatic heterocycles. The lowest BCUT2D eigenvalue weighted by molar-refractivity contribution is -0.121. The second-order valence-electron chi connectivity index (χ2n) is 4.32. The van der Waals surface area contributed by atoms with Crippen molar-refractivity contribution in [3.05, 3.63) is 51.4 Å². The lowest BCUT2D eigenvalue weighted by Crippen LogP contribution is -2.28. The van der Waals surface area contributed by atoms with E-state index < -0.39 is 6.10 Å². The van der Waals surface area contributed by atoms with Gasteiger partial charge >= 0.3 is 0 Å². The number of nitrogens with one attached hydrogen (secondary N) is 1. The molecule has 2 rings (SSSR count). The number of aryl methyl sites for hydroxylation is 1. The summed E-state index contributed by atoms with van der Waals surface area (Å²) < 4.78 is 0.627. The third-order valence-corrected chi connectivity index (χ3v) is 4.11. The molecule has 0 aliphatic carbocycles. The van der Waals surface area contributed by atoms with Crippen LogP contribution in [0.2, 0.25) is 4.34 Å². The van der Waals surface area contributed by atoms with Crippen LogP contribution in [-0.4, -0.2) is 22.5 Å². The van der Waals surface area contributed by atoms with Gasteiger partial charge in [0.15, 0.2) is 0 Å². The van der Waals surface area contributed by atoms with Crippen LogP contribution < -0.4 is 5.32 Å². The maximum Gasteiger partial charge on any atom is 0.220 e. The summed E-state index contributed by atoms with van der Waals surface area (Å²) in [5.74, 6) is -0.0874. The van der Waals surface area contributed by atoms with Crippen LogP contribution in [0, 0.1) is 0 Å². The molecule has 0 spiro atoms. The molecule has 4 nitrogen and oxygen atoms in total. The second kappa shape index (κ2) is 7.38. The standard InChI is InChI=1S/C14H15ClN2O2S/c15-13-5-4-12(20-13)11(18)9-17-14(19)6-3-10-2-1-7-16-8-10/h1-2,4-5,7-8,11,18H,3,6,9H2,(H,17,19). The number of rotatable bonds is 6. The van der Waals surface area contributed by atoms with Gasteiger partial charge in [-0.2, -0.15) is 0 Å². The number of hydrogen-bond acceptors (Lipinski definition) is 4. The van der Waals surface area contributed by atoms with E-state index in [0.717, 1.165) is 10.4 Å². The number of amides is 1. The first-order valence-corrected chi connectivity index (χ1v) is 7.43. The van der Waals surface area contributed by atoms with Gasteiger partial charge in [0, 0.05) is 30.2 Å². The number of aromatic nitrogens is 1. The topological polar surface area (TPSA) is 62.2 Å². The molecule has 1 amide bonds. The van der Waals surface area contributed by atoms with E-state index in [9.17, 15) is 9.90 Å². The van der Waals surface area contributed by atoms with Crippen LogP contribution >= 0.6 is 22.9 Å². The van der Waals surface area contributed by atoms with E-state index in [1.165, 1.54) is 11.3 Å². The van der Waals surface area contributed by atoms with Crippen molar-refractivity contribution in [3.63, 3.8) is 0 Å². The Labute approximate surface area is 126 Å². The maximum absolute atomic E-state index is 11.7. The second-order valence-corrected chi connectivity index (χ2v) is 6.07. The van der Waals surface area contributed by atoms with E-state index in [-0.39, 0.29) is 12.5 Å². The summed E-state index contributed by atoms with van der Waals surface area (Å²) in [5, 5.41) is 12.6. The molecule has 0 bridgehead atoms. The zero-order valence-corrected chi connectivity index (χ0v) is 12.3. The predicted molar refractivity (Wildman–Crippen MR) is 79.9 cm³/mol. The number of pyridine rings is 1. The minimum atomic E-state index is -0.713. The molecule has 2 aromatic rings. The summed E-state index contributed by atoms with van der Waals surface area (Å²) in [5.41, 5.74) is 1.02. The highest BCUT2D eigenvalue weighted by molar-refractivity contribution is 7.16. The average molecular weight is 311 g/mol. The quantitative estimate of drug-likeness (QED) is 0.862. The normalized spacial score (nSPS) is 12.1. The molecule has 2 N–H and O–H groups in total. The van der Waals surface area contributed by atoms with Crippen LogP contribution in [0.25, 0.3) is 0 Å². The summed E-state index contributed by atoms with van der Waals surface area (Å²) >= 11 is 7.11. The van der Waals surface area contributed by atoms with Crippen molar-refractivity contribution in [3.8, 4) is 0 Å². The monoisotopic (exact) mass is 310 g/mol. The molecule has 2 aromatic heterocycles. The highest BCUT2D eigenvalue weighted by Crippen LogP contribution is 2.26. The van der Waals surface area contributed by atoms with Gasteiger partial charge in [-0.1, -0.05) is 17.7 Å². The predicted octanol–water partition coefficient (Wildman–Crippen LogP) is 2.58. The number of halogens is 1. The van der Waals surface area contributed by atoms with Gasteiger partial charge in [0.05, 0.1) is 4.34 Å². The van der Waals surface area contributed by atoms with Crippen LogP contribution in [0.1, 0.15) is 23.0 Å². The average Bonchev–Trinajstić information content (AvgIpc) is 2.90. The molecule has 0 saturated heterocycles. The Morgan fingerprint density at radius 2 is 2.30 bits per heavy atom. The number of thiophene rings is 1. The molecule has 20 heavy (non-hydrogen) atoms. The number of nitrogens with zero attached hydrogens (tertiary/aromatic N) is 1. The first-order chi connectivity index (χ1) is 9.65. The van der Waals surface area contributed by atoms with Crippen molar-refractivity contribution in [2.75, 3.05) is 6.54 Å². The van der Waals surface area contributed by atoms with Gasteiger partial charge in [0.1, 0.15) is 6.10 Å². The molecule has 106 valence electrons. The van der Waals surface area contributed by atoms with Gasteiger partial charge in [-0.15, -0.1) is 11.3 Å². The number of carbonyl (C=O) groups excluding carboxylic acids is 1. The Kier molecular flexibility index (Phi) is 5.52. The third-order valence-electron chi connectivity index (χ3n) is 2.78. The Morgan fingerprint density at radius 3 is 2.95 bits per heavy atom. The Hall–Kier alpha value is -1.43. The Balaban J connectivity index is 1.72. The highest BCUT2D eigenvalue weighted by atomic mass is 35.5. The van der Waals surface area contributed by atoms with Gasteiger partial charge in [-0.3, -0.25) is 9.78 Å². The SMILES string of the molecule is O=C(CCc1cccnc1)NCC(O)c1ccc(Cl)s1. The molecule has 0 saturated carbocycles. The molecule has 0 radical (unpaired) electrons. The zero-order valence-electron chi connectivity index (χ0n) is 10.8. The minimum Gasteiger partial charge on any atom is -0.386 e. The third kappa shape index (κ3) is 4.59. The van der Waals surface area contributed by atoms with Gasteiger partial charge in [0.2, 0.25) is 5.91 Å². The Bertz CT molecular complexity index is 559. The summed E-state index contributed by atoms with van der Waals surface area (Å²) in [4.78, 5) is 16.4. The van der Waals surface area contributed by atoms with Crippen molar-refractivity contribution in [2.45, 2.75) is 18.9 Å². The molecule has 1 unspecified atom stereocenters. The largest absolute Gasteiger partial charge is 0.386 e. The fourth-order valence-corrected chi connectivity index (χ4v) is 2.76. The minimum absolute atomic E-state index is 0.0874. The van der Waals surface area contributed by atoms with E-state index in [2.05, 4.69) is 10.3 Å². The summed E-state index contributed by atoms with van der Waals surface area (Å²) in [6, 6.07) is 7.27. The smallest absolute Gasteiger partial charge is 0.220 e. The number of aliphatic hydroxyl groups is 1. The van der Waals surface area contributed by atoms with Gasteiger partial charge in [0.25, 0.3) is 0 Å². The van der Waals surface area contributed by atoms with E-state index >= 15 is 0 Å². The lowest BCUT2D eigenvalue weighted by Gasteiger charge is -2.10. The number of aliphatic hydroxyl groups excluding tert-OH is 1. The van der Waals surface area contributed by atoms with Crippen LogP contribution in [-0.2, 0) is 11.2 Å². The van der Waals surface area contributed by atoms with Gasteiger partial charge < -0.3 is 10.4 Å². The first-order valence-electron chi connectivity index (χ1n) is 6.24. The molecule has 0 aliphatic rings. The summed E-state index contributed by atoms with van der Waals surface area (Å²) in [6.07, 6.45) is 3.75. The fraction of sp³-hybridized carbons (Fsp3) is 0.286. The molecule has 1 atom stereocenters. The number of carbonyl (C=O) groups is 1. The Morgan fingerprint density at radius 1 is 1.45 bits per heavy atom. The van der Waals surface area contributed by atoms with Crippen molar-refractivity contribution < 1.29 is 9.90 Å². The van der Waals surface area contributed by atoms with E-state index in [1.54, 1.807) is 24.5 Å². The highest BCUT2D eigenvalue weighted by Gasteiger charge is 2.11. The van der Waals surface area contributed by atoms with Crippen LogP contribution in [0.3, 0.4) is 0 Å². The zero-order chi connectivity index (χ0) is 14.4. The molecule has 0 fully saturated rings. The molecular weight excluding hydrogens is 296 g/mol. The summed E-state index contributed by atoms with van der Waals surface area (Å²) in [6.45, 7) is 0.197. The summed E-state index contributed by atoms with van der Waals surface area (Å²) in [7, 11) is 0. The van der Waals surface area contributed by atoms with Crippen molar-refractivity contribution >= 4 is 28.8 Å². The first kappa shape index (κ1) is 15.0. The van der Waals surface area contributed by atoms with Crippen LogP contribution in [0.15, 0.2) is 36.7 Å². The number of hydrogen-bond donors (Lipinski definition) is 2. The van der Waals surface area contributed by atoms with Crippen LogP contribution in [0.4, 0.5) is 0 Å². The van der Waals surface area contributed by atoms with Crippen molar-refractivity contribution in [1.82, 2.24) is 10.3 Å². The molecule has 6 heteroatoms. The maximum atomic E-state index is 11.7. The fourth-order valence-electron chi connectivity index (χ4n) is 1.71. The van der Waals surface area contributed by atoms with E-state index in [0.29, 0.717) is 17.2 Å². The molecule has 2 heterocycles.